The van der Waals surface area contributed by atoms with Crippen LogP contribution in [0.1, 0.15) is 39.5 Å². The van der Waals surface area contributed by atoms with Gasteiger partial charge in [0, 0.05) is 12.3 Å². The number of sulfone groups is 1. The Kier molecular flexibility index (Phi) is 3.72. The van der Waals surface area contributed by atoms with Gasteiger partial charge >= 0.3 is 0 Å². The lowest BCUT2D eigenvalue weighted by Crippen LogP contribution is -2.45. The number of carbonyl (C=O) groups is 1. The van der Waals surface area contributed by atoms with Crippen molar-refractivity contribution in [1.82, 2.24) is 5.32 Å². The fourth-order valence-electron chi connectivity index (χ4n) is 3.55. The normalized spacial score (nSPS) is 34.3. The monoisotopic (exact) mass is 273 g/mol. The smallest absolute Gasteiger partial charge is 0.238 e. The van der Waals surface area contributed by atoms with Gasteiger partial charge in [0.2, 0.25) is 5.91 Å². The van der Waals surface area contributed by atoms with E-state index in [1.807, 2.05) is 6.92 Å². The molecule has 2 bridgehead atoms. The molecule has 0 aromatic rings. The lowest BCUT2D eigenvalue weighted by Gasteiger charge is -2.29. The summed E-state index contributed by atoms with van der Waals surface area (Å²) in [5, 5.41) is 1.95. The number of nitrogens with one attached hydrogen (secondary N) is 1. The van der Waals surface area contributed by atoms with E-state index in [-0.39, 0.29) is 11.9 Å². The van der Waals surface area contributed by atoms with E-state index >= 15 is 0 Å². The predicted molar refractivity (Wildman–Crippen MR) is 70.8 cm³/mol. The first-order chi connectivity index (χ1) is 8.29. The molecule has 104 valence electrons. The maximum Gasteiger partial charge on any atom is 0.238 e. The van der Waals surface area contributed by atoms with Gasteiger partial charge < -0.3 is 5.32 Å². The Bertz CT molecular complexity index is 432. The molecule has 0 heterocycles. The zero-order valence-corrected chi connectivity index (χ0v) is 12.2. The Morgan fingerprint density at radius 3 is 2.33 bits per heavy atom. The largest absolute Gasteiger partial charge is 0.352 e. The molecule has 1 N–H and O–H groups in total. The van der Waals surface area contributed by atoms with E-state index in [1.165, 1.54) is 32.6 Å². The molecule has 2 saturated carbocycles. The van der Waals surface area contributed by atoms with Gasteiger partial charge in [0.1, 0.15) is 5.25 Å². The van der Waals surface area contributed by atoms with Gasteiger partial charge in [-0.1, -0.05) is 6.42 Å². The summed E-state index contributed by atoms with van der Waals surface area (Å²) in [4.78, 5) is 11.9. The maximum atomic E-state index is 11.9. The van der Waals surface area contributed by atoms with E-state index in [2.05, 4.69) is 5.32 Å². The summed E-state index contributed by atoms with van der Waals surface area (Å²) in [6, 6.07) is 0.0944. The highest BCUT2D eigenvalue weighted by Gasteiger charge is 2.42. The standard InChI is InChI=1S/C13H23NO3S/c1-8(12-7-10-4-5-11(12)6-10)14-13(15)9(2)18(3,16)17/h8-12H,4-7H2,1-3H3,(H,14,15)/t8-,9-,10-,11-,12-/m0/s1. The molecule has 0 aromatic carbocycles. The van der Waals surface area contributed by atoms with Crippen molar-refractivity contribution in [3.05, 3.63) is 0 Å². The summed E-state index contributed by atoms with van der Waals surface area (Å²) in [6.45, 7) is 3.47. The maximum absolute atomic E-state index is 11.9. The van der Waals surface area contributed by atoms with Gasteiger partial charge in [-0.05, 0) is 50.9 Å². The first-order valence-electron chi connectivity index (χ1n) is 6.78. The molecule has 2 fully saturated rings. The Balaban J connectivity index is 1.92. The second kappa shape index (κ2) is 4.83. The molecule has 0 spiro atoms. The minimum absolute atomic E-state index is 0.0944. The second-order valence-electron chi connectivity index (χ2n) is 6.11. The summed E-state index contributed by atoms with van der Waals surface area (Å²) >= 11 is 0. The molecule has 0 radical (unpaired) electrons. The summed E-state index contributed by atoms with van der Waals surface area (Å²) in [5.41, 5.74) is 0. The predicted octanol–water partition coefficient (Wildman–Crippen LogP) is 1.36. The van der Waals surface area contributed by atoms with E-state index in [0.29, 0.717) is 5.92 Å². The number of amides is 1. The quantitative estimate of drug-likeness (QED) is 0.841. The molecule has 5 atom stereocenters. The highest BCUT2D eigenvalue weighted by molar-refractivity contribution is 7.92. The minimum Gasteiger partial charge on any atom is -0.352 e. The van der Waals surface area contributed by atoms with Gasteiger partial charge in [0.15, 0.2) is 9.84 Å². The first-order valence-corrected chi connectivity index (χ1v) is 8.73. The fourth-order valence-corrected chi connectivity index (χ4v) is 4.01. The molecule has 0 aromatic heterocycles. The van der Waals surface area contributed by atoms with Crippen molar-refractivity contribution in [2.24, 2.45) is 17.8 Å². The summed E-state index contributed by atoms with van der Waals surface area (Å²) in [7, 11) is -3.29. The van der Waals surface area contributed by atoms with Crippen LogP contribution in [0.5, 0.6) is 0 Å². The number of carbonyl (C=O) groups excluding carboxylic acids is 1. The zero-order valence-electron chi connectivity index (χ0n) is 11.3. The number of hydrogen-bond donors (Lipinski definition) is 1. The van der Waals surface area contributed by atoms with Crippen LogP contribution in [0.4, 0.5) is 0 Å². The van der Waals surface area contributed by atoms with Crippen LogP contribution in [0.15, 0.2) is 0 Å². The molecule has 2 rings (SSSR count). The third-order valence-corrected chi connectivity index (χ3v) is 6.31. The van der Waals surface area contributed by atoms with Crippen molar-refractivity contribution in [3.63, 3.8) is 0 Å². The van der Waals surface area contributed by atoms with E-state index in [9.17, 15) is 13.2 Å². The Labute approximate surface area is 109 Å². The first kappa shape index (κ1) is 13.8. The Morgan fingerprint density at radius 2 is 1.89 bits per heavy atom. The van der Waals surface area contributed by atoms with Crippen LogP contribution >= 0.6 is 0 Å². The third-order valence-electron chi connectivity index (χ3n) is 4.82. The molecule has 5 heteroatoms. The molecule has 18 heavy (non-hydrogen) atoms. The van der Waals surface area contributed by atoms with E-state index < -0.39 is 15.1 Å². The van der Waals surface area contributed by atoms with Crippen LogP contribution < -0.4 is 5.32 Å². The molecular weight excluding hydrogens is 250 g/mol. The topological polar surface area (TPSA) is 63.2 Å². The zero-order chi connectivity index (χ0) is 13.5. The Hall–Kier alpha value is -0.580. The second-order valence-corrected chi connectivity index (χ2v) is 8.47. The van der Waals surface area contributed by atoms with Crippen molar-refractivity contribution >= 4 is 15.7 Å². The van der Waals surface area contributed by atoms with Gasteiger partial charge in [0.05, 0.1) is 0 Å². The van der Waals surface area contributed by atoms with E-state index in [1.54, 1.807) is 0 Å². The lowest BCUT2D eigenvalue weighted by molar-refractivity contribution is -0.121. The van der Waals surface area contributed by atoms with Gasteiger partial charge in [-0.25, -0.2) is 8.42 Å². The number of rotatable bonds is 4. The van der Waals surface area contributed by atoms with Gasteiger partial charge in [-0.3, -0.25) is 4.79 Å². The van der Waals surface area contributed by atoms with Crippen molar-refractivity contribution in [3.8, 4) is 0 Å². The highest BCUT2D eigenvalue weighted by atomic mass is 32.2. The summed E-state index contributed by atoms with van der Waals surface area (Å²) in [6.07, 6.45) is 6.21. The van der Waals surface area contributed by atoms with Gasteiger partial charge in [-0.15, -0.1) is 0 Å². The molecule has 2 aliphatic rings. The van der Waals surface area contributed by atoms with Gasteiger partial charge in [-0.2, -0.15) is 0 Å². The average molecular weight is 273 g/mol. The molecular formula is C13H23NO3S. The average Bonchev–Trinajstić information content (AvgIpc) is 2.88. The number of hydrogen-bond acceptors (Lipinski definition) is 3. The molecule has 0 unspecified atom stereocenters. The molecule has 0 aliphatic heterocycles. The minimum atomic E-state index is -3.29. The van der Waals surface area contributed by atoms with Crippen LogP contribution in [0.3, 0.4) is 0 Å². The van der Waals surface area contributed by atoms with Crippen LogP contribution in [-0.4, -0.2) is 31.9 Å². The molecule has 0 saturated heterocycles. The van der Waals surface area contributed by atoms with Crippen molar-refractivity contribution in [1.29, 1.82) is 0 Å². The Morgan fingerprint density at radius 1 is 1.22 bits per heavy atom. The van der Waals surface area contributed by atoms with E-state index in [4.69, 9.17) is 0 Å². The van der Waals surface area contributed by atoms with Crippen LogP contribution in [0.2, 0.25) is 0 Å². The van der Waals surface area contributed by atoms with Crippen molar-refractivity contribution < 1.29 is 13.2 Å². The third kappa shape index (κ3) is 2.71. The van der Waals surface area contributed by atoms with Crippen LogP contribution in [0.25, 0.3) is 0 Å². The van der Waals surface area contributed by atoms with Crippen molar-refractivity contribution in [2.45, 2.75) is 50.8 Å². The van der Waals surface area contributed by atoms with Crippen LogP contribution in [0, 0.1) is 17.8 Å². The molecule has 1 amide bonds. The lowest BCUT2D eigenvalue weighted by atomic mass is 9.84. The summed E-state index contributed by atoms with van der Waals surface area (Å²) in [5.74, 6) is 1.76. The molecule has 4 nitrogen and oxygen atoms in total. The summed E-state index contributed by atoms with van der Waals surface area (Å²) < 4.78 is 22.7. The number of fused-ring (bicyclic) bond motifs is 2. The van der Waals surface area contributed by atoms with Crippen LogP contribution in [-0.2, 0) is 14.6 Å². The molecule has 2 aliphatic carbocycles. The van der Waals surface area contributed by atoms with E-state index in [0.717, 1.165) is 18.1 Å². The SMILES string of the molecule is C[C@H](NC(=O)[C@H](C)S(C)(=O)=O)[C@@H]1C[C@H]2CC[C@H]1C2. The van der Waals surface area contributed by atoms with Gasteiger partial charge in [0.25, 0.3) is 0 Å². The highest BCUT2D eigenvalue weighted by Crippen LogP contribution is 2.49. The van der Waals surface area contributed by atoms with Crippen molar-refractivity contribution in [2.75, 3.05) is 6.26 Å². The fraction of sp³-hybridized carbons (Fsp3) is 0.923.